The highest BCUT2D eigenvalue weighted by Crippen LogP contribution is 2.31. The topological polar surface area (TPSA) is 48.4 Å². The molecule has 1 aromatic heterocycles. The molecule has 0 saturated heterocycles. The molecule has 0 bridgehead atoms. The largest absolute Gasteiger partial charge is 0.478 e. The molecule has 0 aliphatic carbocycles. The molecule has 0 fully saturated rings. The average molecular weight is 360 g/mol. The van der Waals surface area contributed by atoms with Gasteiger partial charge in [0, 0.05) is 10.5 Å². The fourth-order valence-corrected chi connectivity index (χ4v) is 2.34. The van der Waals surface area contributed by atoms with E-state index in [2.05, 4.69) is 15.9 Å². The van der Waals surface area contributed by atoms with Crippen molar-refractivity contribution in [2.45, 2.75) is 32.4 Å². The third-order valence-electron chi connectivity index (χ3n) is 3.12. The van der Waals surface area contributed by atoms with Crippen LogP contribution in [0.5, 0.6) is 5.75 Å². The lowest BCUT2D eigenvalue weighted by Crippen LogP contribution is -2.31. The summed E-state index contributed by atoms with van der Waals surface area (Å²) < 4.78 is 38.8. The van der Waals surface area contributed by atoms with Gasteiger partial charge in [-0.25, -0.2) is 4.39 Å². The van der Waals surface area contributed by atoms with E-state index in [4.69, 9.17) is 14.9 Å². The molecule has 2 unspecified atom stereocenters. The maximum absolute atomic E-state index is 13.8. The third-order valence-corrected chi connectivity index (χ3v) is 3.57. The monoisotopic (exact) mass is 359 g/mol. The van der Waals surface area contributed by atoms with E-state index in [1.165, 1.54) is 6.07 Å². The van der Waals surface area contributed by atoms with E-state index in [1.54, 1.807) is 19.1 Å². The van der Waals surface area contributed by atoms with Gasteiger partial charge in [-0.3, -0.25) is 0 Å². The highest BCUT2D eigenvalue weighted by atomic mass is 79.9. The van der Waals surface area contributed by atoms with E-state index in [0.717, 1.165) is 6.07 Å². The molecule has 1 aromatic carbocycles. The fourth-order valence-electron chi connectivity index (χ4n) is 1.93. The first-order chi connectivity index (χ1) is 9.92. The second-order valence-corrected chi connectivity index (χ2v) is 5.67. The second kappa shape index (κ2) is 6.58. The molecule has 3 nitrogen and oxygen atoms in total. The minimum absolute atomic E-state index is 0.204. The molecule has 0 amide bonds. The first-order valence-electron chi connectivity index (χ1n) is 6.55. The number of benzene rings is 1. The van der Waals surface area contributed by atoms with Crippen LogP contribution >= 0.6 is 15.9 Å². The molecule has 114 valence electrons. The predicted octanol–water partition coefficient (Wildman–Crippen LogP) is 4.49. The summed E-state index contributed by atoms with van der Waals surface area (Å²) in [4.78, 5) is 0. The lowest BCUT2D eigenvalue weighted by Gasteiger charge is -2.23. The molecule has 1 heterocycles. The van der Waals surface area contributed by atoms with E-state index in [0.29, 0.717) is 22.4 Å². The zero-order valence-corrected chi connectivity index (χ0v) is 13.3. The summed E-state index contributed by atoms with van der Waals surface area (Å²) in [5.41, 5.74) is 6.02. The first-order valence-corrected chi connectivity index (χ1v) is 7.34. The quantitative estimate of drug-likeness (QED) is 0.800. The normalized spacial score (nSPS) is 14.0. The van der Waals surface area contributed by atoms with Gasteiger partial charge in [-0.05, 0) is 37.6 Å². The first kappa shape index (κ1) is 16.0. The smallest absolute Gasteiger partial charge is 0.200 e. The van der Waals surface area contributed by atoms with E-state index in [1.807, 2.05) is 6.92 Å². The van der Waals surface area contributed by atoms with Crippen LogP contribution < -0.4 is 10.5 Å². The summed E-state index contributed by atoms with van der Waals surface area (Å²) in [6, 6.07) is 5.49. The summed E-state index contributed by atoms with van der Waals surface area (Å²) in [6.45, 7) is 3.67. The number of hydrogen-bond donors (Lipinski definition) is 1. The standard InChI is InChI=1S/C15H16BrF2NO2/c1-3-11(19)15(12-5-4-8(2)20-12)21-13-7-9(16)6-10(17)14(13)18/h4-7,11,15H,3,19H2,1-2H3. The van der Waals surface area contributed by atoms with Crippen molar-refractivity contribution >= 4 is 15.9 Å². The lowest BCUT2D eigenvalue weighted by atomic mass is 10.1. The Labute approximate surface area is 130 Å². The minimum atomic E-state index is -1.05. The van der Waals surface area contributed by atoms with Crippen LogP contribution in [0.4, 0.5) is 8.78 Å². The Hall–Kier alpha value is -1.40. The minimum Gasteiger partial charge on any atom is -0.478 e. The van der Waals surface area contributed by atoms with Crippen LogP contribution in [0.15, 0.2) is 33.2 Å². The molecule has 2 aromatic rings. The molecule has 2 N–H and O–H groups in total. The predicted molar refractivity (Wildman–Crippen MR) is 79.1 cm³/mol. The van der Waals surface area contributed by atoms with Gasteiger partial charge in [0.05, 0.1) is 0 Å². The number of ether oxygens (including phenoxy) is 1. The summed E-state index contributed by atoms with van der Waals surface area (Å²) >= 11 is 3.11. The third kappa shape index (κ3) is 3.63. The van der Waals surface area contributed by atoms with Gasteiger partial charge >= 0.3 is 0 Å². The van der Waals surface area contributed by atoms with Crippen LogP contribution in [-0.4, -0.2) is 6.04 Å². The Balaban J connectivity index is 2.36. The Bertz CT molecular complexity index is 630. The number of aryl methyl sites for hydroxylation is 1. The van der Waals surface area contributed by atoms with Crippen molar-refractivity contribution in [3.63, 3.8) is 0 Å². The highest BCUT2D eigenvalue weighted by molar-refractivity contribution is 9.10. The summed E-state index contributed by atoms with van der Waals surface area (Å²) in [5.74, 6) is -1.05. The molecule has 0 spiro atoms. The molecule has 0 saturated carbocycles. The molecule has 21 heavy (non-hydrogen) atoms. The molecule has 0 radical (unpaired) electrons. The number of nitrogens with two attached hydrogens (primary N) is 1. The van der Waals surface area contributed by atoms with Gasteiger partial charge in [-0.15, -0.1) is 0 Å². The van der Waals surface area contributed by atoms with Crippen molar-refractivity contribution in [3.8, 4) is 5.75 Å². The molecule has 6 heteroatoms. The van der Waals surface area contributed by atoms with Crippen molar-refractivity contribution in [1.82, 2.24) is 0 Å². The van der Waals surface area contributed by atoms with Gasteiger partial charge in [-0.2, -0.15) is 4.39 Å². The van der Waals surface area contributed by atoms with E-state index in [-0.39, 0.29) is 5.75 Å². The van der Waals surface area contributed by atoms with Crippen molar-refractivity contribution in [3.05, 3.63) is 51.9 Å². The molecular formula is C15H16BrF2NO2. The molecule has 2 rings (SSSR count). The highest BCUT2D eigenvalue weighted by Gasteiger charge is 2.26. The van der Waals surface area contributed by atoms with E-state index < -0.39 is 23.8 Å². The second-order valence-electron chi connectivity index (χ2n) is 4.76. The van der Waals surface area contributed by atoms with Gasteiger partial charge in [0.2, 0.25) is 5.82 Å². The Morgan fingerprint density at radius 2 is 2.05 bits per heavy atom. The molecular weight excluding hydrogens is 344 g/mol. The Morgan fingerprint density at radius 1 is 1.33 bits per heavy atom. The average Bonchev–Trinajstić information content (AvgIpc) is 2.86. The van der Waals surface area contributed by atoms with Gasteiger partial charge in [0.15, 0.2) is 17.7 Å². The number of rotatable bonds is 5. The van der Waals surface area contributed by atoms with Crippen LogP contribution in [-0.2, 0) is 0 Å². The number of furan rings is 1. The summed E-state index contributed by atoms with van der Waals surface area (Å²) in [6.07, 6.45) is -0.0883. The van der Waals surface area contributed by atoms with E-state index >= 15 is 0 Å². The zero-order chi connectivity index (χ0) is 15.6. The van der Waals surface area contributed by atoms with Crippen molar-refractivity contribution in [2.24, 2.45) is 5.73 Å². The van der Waals surface area contributed by atoms with Crippen LogP contribution in [0.3, 0.4) is 0 Å². The lowest BCUT2D eigenvalue weighted by molar-refractivity contribution is 0.136. The molecule has 0 aliphatic rings. The summed E-state index contributed by atoms with van der Waals surface area (Å²) in [5, 5.41) is 0. The van der Waals surface area contributed by atoms with Gasteiger partial charge < -0.3 is 14.9 Å². The Kier molecular flexibility index (Phi) is 5.00. The van der Waals surface area contributed by atoms with Gasteiger partial charge in [0.1, 0.15) is 11.5 Å². The maximum atomic E-state index is 13.8. The van der Waals surface area contributed by atoms with Crippen molar-refractivity contribution in [2.75, 3.05) is 0 Å². The fraction of sp³-hybridized carbons (Fsp3) is 0.333. The van der Waals surface area contributed by atoms with Crippen LogP contribution in [0.1, 0.15) is 31.0 Å². The maximum Gasteiger partial charge on any atom is 0.200 e. The zero-order valence-electron chi connectivity index (χ0n) is 11.7. The number of hydrogen-bond acceptors (Lipinski definition) is 3. The van der Waals surface area contributed by atoms with E-state index in [9.17, 15) is 8.78 Å². The SMILES string of the molecule is CCC(N)C(Oc1cc(Br)cc(F)c1F)c1ccc(C)o1. The summed E-state index contributed by atoms with van der Waals surface area (Å²) in [7, 11) is 0. The van der Waals surface area contributed by atoms with Crippen molar-refractivity contribution < 1.29 is 17.9 Å². The van der Waals surface area contributed by atoms with Crippen LogP contribution in [0.2, 0.25) is 0 Å². The Morgan fingerprint density at radius 3 is 2.62 bits per heavy atom. The van der Waals surface area contributed by atoms with Gasteiger partial charge in [0.25, 0.3) is 0 Å². The van der Waals surface area contributed by atoms with Crippen LogP contribution in [0.25, 0.3) is 0 Å². The number of halogens is 3. The van der Waals surface area contributed by atoms with Crippen molar-refractivity contribution in [1.29, 1.82) is 0 Å². The molecule has 0 aliphatic heterocycles. The molecule has 2 atom stereocenters. The van der Waals surface area contributed by atoms with Crippen LogP contribution in [0, 0.1) is 18.6 Å². The van der Waals surface area contributed by atoms with Gasteiger partial charge in [-0.1, -0.05) is 22.9 Å².